The number of rotatable bonds is 7. The summed E-state index contributed by atoms with van der Waals surface area (Å²) in [5.74, 6) is 0.704. The maximum atomic E-state index is 13.0. The third-order valence-electron chi connectivity index (χ3n) is 5.58. The Hall–Kier alpha value is -3.14. The molecule has 2 N–H and O–H groups in total. The molecule has 0 unspecified atom stereocenters. The first-order valence-corrected chi connectivity index (χ1v) is 11.7. The third kappa shape index (κ3) is 4.69. The zero-order valence-corrected chi connectivity index (χ0v) is 18.0. The van der Waals surface area contributed by atoms with E-state index in [1.165, 1.54) is 12.1 Å². The van der Waals surface area contributed by atoms with Gasteiger partial charge in [0.1, 0.15) is 17.3 Å². The van der Waals surface area contributed by atoms with Gasteiger partial charge in [-0.2, -0.15) is 0 Å². The predicted molar refractivity (Wildman–Crippen MR) is 115 cm³/mol. The molecule has 4 rings (SSSR count). The highest BCUT2D eigenvalue weighted by atomic mass is 32.2. The Morgan fingerprint density at radius 3 is 2.19 bits per heavy atom. The summed E-state index contributed by atoms with van der Waals surface area (Å²) >= 11 is 0. The minimum absolute atomic E-state index is 0.0784. The fourth-order valence-electron chi connectivity index (χ4n) is 3.75. The zero-order chi connectivity index (χ0) is 22.6. The Labute approximate surface area is 185 Å². The van der Waals surface area contributed by atoms with Crippen molar-refractivity contribution in [3.8, 4) is 22.8 Å². The summed E-state index contributed by atoms with van der Waals surface area (Å²) in [4.78, 5) is 12.3. The first kappa shape index (κ1) is 22.1. The summed E-state index contributed by atoms with van der Waals surface area (Å²) in [6.45, 7) is 0.517. The first-order chi connectivity index (χ1) is 15.4. The van der Waals surface area contributed by atoms with E-state index in [2.05, 4.69) is 0 Å². The van der Waals surface area contributed by atoms with Crippen molar-refractivity contribution in [1.29, 1.82) is 0 Å². The van der Waals surface area contributed by atoms with Crippen molar-refractivity contribution in [3.63, 3.8) is 0 Å². The molecule has 1 saturated heterocycles. The number of carbonyl (C=O) groups excluding carboxylic acids is 1. The molecule has 0 radical (unpaired) electrons. The maximum Gasteiger partial charge on any atom is 0.250 e. The molecule has 32 heavy (non-hydrogen) atoms. The van der Waals surface area contributed by atoms with E-state index in [-0.39, 0.29) is 31.0 Å². The van der Waals surface area contributed by atoms with E-state index >= 15 is 0 Å². The van der Waals surface area contributed by atoms with Gasteiger partial charge in [-0.3, -0.25) is 10.0 Å². The van der Waals surface area contributed by atoms with Crippen LogP contribution in [0, 0.1) is 5.41 Å². The second kappa shape index (κ2) is 9.15. The van der Waals surface area contributed by atoms with Gasteiger partial charge in [0.25, 0.3) is 5.91 Å². The van der Waals surface area contributed by atoms with Crippen molar-refractivity contribution in [1.82, 2.24) is 5.48 Å². The molecule has 168 valence electrons. The average Bonchev–Trinajstić information content (AvgIpc) is 3.35. The van der Waals surface area contributed by atoms with Gasteiger partial charge in [0.15, 0.2) is 9.84 Å². The van der Waals surface area contributed by atoms with Crippen molar-refractivity contribution in [2.75, 3.05) is 19.0 Å². The molecule has 0 saturated carbocycles. The van der Waals surface area contributed by atoms with Crippen molar-refractivity contribution >= 4 is 15.7 Å². The van der Waals surface area contributed by atoms with Gasteiger partial charge in [0, 0.05) is 18.8 Å². The molecular weight excluding hydrogens is 434 g/mol. The molecule has 8 nitrogen and oxygen atoms in total. The van der Waals surface area contributed by atoms with Crippen LogP contribution in [0.1, 0.15) is 12.8 Å². The number of amides is 1. The molecule has 1 amide bonds. The van der Waals surface area contributed by atoms with Gasteiger partial charge in [0.2, 0.25) is 0 Å². The van der Waals surface area contributed by atoms with Crippen LogP contribution in [0.2, 0.25) is 0 Å². The Morgan fingerprint density at radius 2 is 1.62 bits per heavy atom. The minimum atomic E-state index is -3.79. The number of carbonyl (C=O) groups is 1. The van der Waals surface area contributed by atoms with Gasteiger partial charge in [-0.25, -0.2) is 13.9 Å². The average molecular weight is 458 g/mol. The molecule has 1 aliphatic heterocycles. The molecule has 0 aliphatic carbocycles. The number of ether oxygens (including phenoxy) is 2. The van der Waals surface area contributed by atoms with Gasteiger partial charge in [-0.05, 0) is 73.5 Å². The summed E-state index contributed by atoms with van der Waals surface area (Å²) in [5, 5.41) is 9.11. The number of hydroxylamine groups is 1. The van der Waals surface area contributed by atoms with Crippen LogP contribution in [0.25, 0.3) is 11.3 Å². The summed E-state index contributed by atoms with van der Waals surface area (Å²) in [6, 6.07) is 17.0. The lowest BCUT2D eigenvalue weighted by atomic mass is 9.81. The van der Waals surface area contributed by atoms with E-state index < -0.39 is 26.9 Å². The number of nitrogens with one attached hydrogen (secondary N) is 1. The molecule has 3 aromatic rings. The Bertz CT molecular complexity index is 1150. The maximum absolute atomic E-state index is 13.0. The standard InChI is InChI=1S/C23H23NO7S/c25-22(24-26)23(11-14-29-15-12-23)16-32(27,28)20-9-7-19(8-10-20)31-18-5-3-17(4-6-18)21-2-1-13-30-21/h1-10,13,26H,11-12,14-16H2,(H,24,25). The van der Waals surface area contributed by atoms with E-state index in [9.17, 15) is 13.2 Å². The third-order valence-corrected chi connectivity index (χ3v) is 7.50. The quantitative estimate of drug-likeness (QED) is 0.409. The fourth-order valence-corrected chi connectivity index (χ4v) is 5.61. The molecule has 9 heteroatoms. The SMILES string of the molecule is O=C(NO)C1(CS(=O)(=O)c2ccc(Oc3ccc(-c4ccco4)cc3)cc2)CCOCC1. The van der Waals surface area contributed by atoms with Crippen molar-refractivity contribution in [2.24, 2.45) is 5.41 Å². The summed E-state index contributed by atoms with van der Waals surface area (Å²) in [5.41, 5.74) is 1.30. The fraction of sp³-hybridized carbons (Fsp3) is 0.261. The van der Waals surface area contributed by atoms with E-state index in [4.69, 9.17) is 19.1 Å². The van der Waals surface area contributed by atoms with Crippen molar-refractivity contribution in [2.45, 2.75) is 17.7 Å². The number of hydrogen-bond acceptors (Lipinski definition) is 7. The van der Waals surface area contributed by atoms with Crippen LogP contribution in [-0.2, 0) is 19.4 Å². The van der Waals surface area contributed by atoms with Crippen LogP contribution in [0.4, 0.5) is 0 Å². The van der Waals surface area contributed by atoms with Crippen LogP contribution in [0.5, 0.6) is 11.5 Å². The highest BCUT2D eigenvalue weighted by Crippen LogP contribution is 2.35. The van der Waals surface area contributed by atoms with Gasteiger partial charge >= 0.3 is 0 Å². The summed E-state index contributed by atoms with van der Waals surface area (Å²) in [6.07, 6.45) is 2.04. The topological polar surface area (TPSA) is 115 Å². The molecule has 0 atom stereocenters. The molecule has 0 spiro atoms. The van der Waals surface area contributed by atoms with Crippen LogP contribution in [-0.4, -0.2) is 38.5 Å². The number of benzene rings is 2. The largest absolute Gasteiger partial charge is 0.464 e. The lowest BCUT2D eigenvalue weighted by Gasteiger charge is -2.34. The Kier molecular flexibility index (Phi) is 6.31. The monoisotopic (exact) mass is 457 g/mol. The summed E-state index contributed by atoms with van der Waals surface area (Å²) in [7, 11) is -3.79. The van der Waals surface area contributed by atoms with E-state index in [1.807, 2.05) is 24.3 Å². The second-order valence-corrected chi connectivity index (χ2v) is 9.66. The van der Waals surface area contributed by atoms with Gasteiger partial charge in [-0.1, -0.05) is 0 Å². The molecular formula is C23H23NO7S. The van der Waals surface area contributed by atoms with Crippen LogP contribution >= 0.6 is 0 Å². The Morgan fingerprint density at radius 1 is 1.00 bits per heavy atom. The molecule has 0 bridgehead atoms. The highest BCUT2D eigenvalue weighted by molar-refractivity contribution is 7.91. The minimum Gasteiger partial charge on any atom is -0.464 e. The van der Waals surface area contributed by atoms with Crippen molar-refractivity contribution < 1.29 is 32.3 Å². The van der Waals surface area contributed by atoms with Gasteiger partial charge < -0.3 is 13.9 Å². The highest BCUT2D eigenvalue weighted by Gasteiger charge is 2.44. The number of hydrogen-bond donors (Lipinski definition) is 2. The van der Waals surface area contributed by atoms with Crippen molar-refractivity contribution in [3.05, 3.63) is 66.9 Å². The summed E-state index contributed by atoms with van der Waals surface area (Å²) < 4.78 is 42.4. The molecule has 2 heterocycles. The second-order valence-electron chi connectivity index (χ2n) is 7.67. The number of sulfone groups is 1. The zero-order valence-electron chi connectivity index (χ0n) is 17.2. The predicted octanol–water partition coefficient (Wildman–Crippen LogP) is 3.81. The van der Waals surface area contributed by atoms with Crippen LogP contribution < -0.4 is 10.2 Å². The number of furan rings is 1. The molecule has 1 fully saturated rings. The van der Waals surface area contributed by atoms with Gasteiger partial charge in [-0.15, -0.1) is 0 Å². The van der Waals surface area contributed by atoms with Crippen LogP contribution in [0.15, 0.2) is 76.2 Å². The molecule has 2 aromatic carbocycles. The van der Waals surface area contributed by atoms with E-state index in [1.54, 1.807) is 36.0 Å². The normalized spacial score (nSPS) is 15.8. The molecule has 1 aromatic heterocycles. The smallest absolute Gasteiger partial charge is 0.250 e. The van der Waals surface area contributed by atoms with Gasteiger partial charge in [0.05, 0.1) is 22.3 Å². The first-order valence-electron chi connectivity index (χ1n) is 10.1. The van der Waals surface area contributed by atoms with E-state index in [0.717, 1.165) is 11.3 Å². The lowest BCUT2D eigenvalue weighted by molar-refractivity contribution is -0.143. The molecule has 1 aliphatic rings. The van der Waals surface area contributed by atoms with Crippen LogP contribution in [0.3, 0.4) is 0 Å². The van der Waals surface area contributed by atoms with E-state index in [0.29, 0.717) is 11.5 Å². The Balaban J connectivity index is 1.47. The lowest BCUT2D eigenvalue weighted by Crippen LogP contribution is -2.47.